The predicted octanol–water partition coefficient (Wildman–Crippen LogP) is 5.57. The average Bonchev–Trinajstić information content (AvgIpc) is 2.69. The van der Waals surface area contributed by atoms with Crippen LogP contribution in [-0.4, -0.2) is 5.71 Å². The summed E-state index contributed by atoms with van der Waals surface area (Å²) in [5, 5.41) is 0. The Hall–Kier alpha value is -1.89. The SMILES string of the molecule is CC1=Nc2ccc3c(c2C1(C)C)CC(C)(C)c1ccccc1-3. The van der Waals surface area contributed by atoms with Gasteiger partial charge in [-0.25, -0.2) is 0 Å². The van der Waals surface area contributed by atoms with Crippen molar-refractivity contribution < 1.29 is 0 Å². The fourth-order valence-electron chi connectivity index (χ4n) is 4.21. The molecule has 2 aromatic rings. The molecule has 0 spiro atoms. The third-order valence-corrected chi connectivity index (χ3v) is 5.67. The second-order valence-electron chi connectivity index (χ2n) is 7.91. The molecule has 2 aliphatic rings. The molecule has 1 heteroatoms. The molecule has 4 rings (SSSR count). The first-order valence-electron chi connectivity index (χ1n) is 8.14. The van der Waals surface area contributed by atoms with Crippen LogP contribution < -0.4 is 0 Å². The smallest absolute Gasteiger partial charge is 0.0673 e. The summed E-state index contributed by atoms with van der Waals surface area (Å²) in [4.78, 5) is 4.83. The molecule has 2 aromatic carbocycles. The summed E-state index contributed by atoms with van der Waals surface area (Å²) in [7, 11) is 0. The Balaban J connectivity index is 2.06. The topological polar surface area (TPSA) is 12.4 Å². The summed E-state index contributed by atoms with van der Waals surface area (Å²) < 4.78 is 0. The summed E-state index contributed by atoms with van der Waals surface area (Å²) in [6.07, 6.45) is 1.09. The first-order chi connectivity index (χ1) is 10.3. The molecule has 1 aliphatic heterocycles. The zero-order valence-corrected chi connectivity index (χ0v) is 14.1. The third kappa shape index (κ3) is 1.63. The Labute approximate surface area is 133 Å². The second-order valence-corrected chi connectivity index (χ2v) is 7.91. The van der Waals surface area contributed by atoms with Gasteiger partial charge in [-0.1, -0.05) is 58.0 Å². The number of hydrogen-bond acceptors (Lipinski definition) is 1. The van der Waals surface area contributed by atoms with E-state index < -0.39 is 0 Å². The molecule has 0 aromatic heterocycles. The van der Waals surface area contributed by atoms with E-state index in [2.05, 4.69) is 71.0 Å². The minimum Gasteiger partial charge on any atom is -0.257 e. The van der Waals surface area contributed by atoms with Gasteiger partial charge >= 0.3 is 0 Å². The van der Waals surface area contributed by atoms with E-state index in [4.69, 9.17) is 4.99 Å². The molecule has 0 N–H and O–H groups in total. The standard InChI is InChI=1S/C21H23N/c1-13-21(4,5)19-16-12-20(2,3)17-9-7-6-8-15(17)14(16)10-11-18(19)22-13/h6-11H,12H2,1-5H3. The lowest BCUT2D eigenvalue weighted by Gasteiger charge is -2.37. The predicted molar refractivity (Wildman–Crippen MR) is 94.4 cm³/mol. The molecule has 0 radical (unpaired) electrons. The van der Waals surface area contributed by atoms with E-state index in [1.165, 1.54) is 39.2 Å². The van der Waals surface area contributed by atoms with Gasteiger partial charge in [0.15, 0.2) is 0 Å². The minimum absolute atomic E-state index is 0.0447. The highest BCUT2D eigenvalue weighted by atomic mass is 14.8. The van der Waals surface area contributed by atoms with Crippen LogP contribution in [-0.2, 0) is 17.3 Å². The van der Waals surface area contributed by atoms with Crippen LogP contribution in [0.25, 0.3) is 11.1 Å². The molecular formula is C21H23N. The molecule has 0 saturated carbocycles. The zero-order chi connectivity index (χ0) is 15.7. The largest absolute Gasteiger partial charge is 0.257 e. The highest BCUT2D eigenvalue weighted by molar-refractivity contribution is 6.01. The van der Waals surface area contributed by atoms with Crippen LogP contribution in [0.4, 0.5) is 5.69 Å². The molecule has 1 aliphatic carbocycles. The molecule has 0 atom stereocenters. The summed E-state index contributed by atoms with van der Waals surface area (Å²) in [5.41, 5.74) is 9.86. The van der Waals surface area contributed by atoms with Gasteiger partial charge in [0, 0.05) is 11.1 Å². The minimum atomic E-state index is 0.0447. The van der Waals surface area contributed by atoms with Crippen LogP contribution in [0, 0.1) is 0 Å². The Morgan fingerprint density at radius 2 is 1.64 bits per heavy atom. The second kappa shape index (κ2) is 4.10. The maximum atomic E-state index is 4.83. The summed E-state index contributed by atoms with van der Waals surface area (Å²) in [6, 6.07) is 13.4. The van der Waals surface area contributed by atoms with Crippen molar-refractivity contribution in [1.82, 2.24) is 0 Å². The third-order valence-electron chi connectivity index (χ3n) is 5.67. The van der Waals surface area contributed by atoms with Crippen molar-refractivity contribution in [2.75, 3.05) is 0 Å². The van der Waals surface area contributed by atoms with Gasteiger partial charge < -0.3 is 0 Å². The Kier molecular flexibility index (Phi) is 2.56. The first kappa shape index (κ1) is 13.8. The fraction of sp³-hybridized carbons (Fsp3) is 0.381. The Morgan fingerprint density at radius 1 is 0.909 bits per heavy atom. The van der Waals surface area contributed by atoms with Gasteiger partial charge in [0.1, 0.15) is 0 Å². The lowest BCUT2D eigenvalue weighted by atomic mass is 9.66. The van der Waals surface area contributed by atoms with E-state index in [0.29, 0.717) is 0 Å². The summed E-state index contributed by atoms with van der Waals surface area (Å²) in [5.74, 6) is 0. The fourth-order valence-corrected chi connectivity index (χ4v) is 4.21. The first-order valence-corrected chi connectivity index (χ1v) is 8.14. The van der Waals surface area contributed by atoms with Crippen LogP contribution >= 0.6 is 0 Å². The van der Waals surface area contributed by atoms with Gasteiger partial charge in [-0.15, -0.1) is 0 Å². The number of benzene rings is 2. The van der Waals surface area contributed by atoms with E-state index in [1.807, 2.05) is 0 Å². The van der Waals surface area contributed by atoms with Crippen LogP contribution in [0.1, 0.15) is 51.3 Å². The van der Waals surface area contributed by atoms with Gasteiger partial charge in [0.25, 0.3) is 0 Å². The van der Waals surface area contributed by atoms with Gasteiger partial charge in [-0.2, -0.15) is 0 Å². The van der Waals surface area contributed by atoms with Crippen LogP contribution in [0.5, 0.6) is 0 Å². The van der Waals surface area contributed by atoms with Crippen LogP contribution in [0.2, 0.25) is 0 Å². The quantitative estimate of drug-likeness (QED) is 0.601. The normalized spacial score (nSPS) is 20.0. The van der Waals surface area contributed by atoms with Gasteiger partial charge in [-0.05, 0) is 52.6 Å². The van der Waals surface area contributed by atoms with E-state index in [9.17, 15) is 0 Å². The average molecular weight is 289 g/mol. The number of fused-ring (bicyclic) bond motifs is 5. The number of rotatable bonds is 0. The molecular weight excluding hydrogens is 266 g/mol. The monoisotopic (exact) mass is 289 g/mol. The van der Waals surface area contributed by atoms with Gasteiger partial charge in [0.2, 0.25) is 0 Å². The summed E-state index contributed by atoms with van der Waals surface area (Å²) in [6.45, 7) is 11.5. The van der Waals surface area contributed by atoms with Crippen molar-refractivity contribution in [2.24, 2.45) is 4.99 Å². The number of nitrogens with zero attached hydrogens (tertiary/aromatic N) is 1. The van der Waals surface area contributed by atoms with E-state index in [0.717, 1.165) is 6.42 Å². The van der Waals surface area contributed by atoms with Crippen molar-refractivity contribution in [2.45, 2.75) is 51.9 Å². The lowest BCUT2D eigenvalue weighted by Crippen LogP contribution is -2.30. The lowest BCUT2D eigenvalue weighted by molar-refractivity contribution is 0.511. The molecule has 0 saturated heterocycles. The highest BCUT2D eigenvalue weighted by Crippen LogP contribution is 2.51. The van der Waals surface area contributed by atoms with Crippen molar-refractivity contribution in [1.29, 1.82) is 0 Å². The van der Waals surface area contributed by atoms with E-state index in [1.54, 1.807) is 0 Å². The molecule has 0 fully saturated rings. The molecule has 0 amide bonds. The van der Waals surface area contributed by atoms with Gasteiger partial charge in [-0.3, -0.25) is 4.99 Å². The summed E-state index contributed by atoms with van der Waals surface area (Å²) >= 11 is 0. The molecule has 22 heavy (non-hydrogen) atoms. The molecule has 0 unspecified atom stereocenters. The highest BCUT2D eigenvalue weighted by Gasteiger charge is 2.39. The maximum absolute atomic E-state index is 4.83. The van der Waals surface area contributed by atoms with Crippen molar-refractivity contribution in [3.05, 3.63) is 53.1 Å². The molecule has 0 bridgehead atoms. The van der Waals surface area contributed by atoms with Crippen molar-refractivity contribution >= 4 is 11.4 Å². The Morgan fingerprint density at radius 3 is 2.41 bits per heavy atom. The molecule has 1 heterocycles. The van der Waals surface area contributed by atoms with Crippen molar-refractivity contribution in [3.8, 4) is 11.1 Å². The van der Waals surface area contributed by atoms with Crippen LogP contribution in [0.3, 0.4) is 0 Å². The maximum Gasteiger partial charge on any atom is 0.0673 e. The molecule has 112 valence electrons. The zero-order valence-electron chi connectivity index (χ0n) is 14.1. The van der Waals surface area contributed by atoms with E-state index >= 15 is 0 Å². The van der Waals surface area contributed by atoms with Crippen LogP contribution in [0.15, 0.2) is 41.4 Å². The van der Waals surface area contributed by atoms with Crippen molar-refractivity contribution in [3.63, 3.8) is 0 Å². The van der Waals surface area contributed by atoms with Gasteiger partial charge in [0.05, 0.1) is 5.69 Å². The number of hydrogen-bond donors (Lipinski definition) is 0. The Bertz CT molecular complexity index is 822. The van der Waals surface area contributed by atoms with E-state index in [-0.39, 0.29) is 10.8 Å². The number of aliphatic imine (C=N–C) groups is 1. The molecule has 1 nitrogen and oxygen atoms in total.